The number of carbonyl (C=O) groups excluding carboxylic acids is 1. The number of nitrogens with zero attached hydrogens (tertiary/aromatic N) is 3. The normalized spacial score (nSPS) is 16.8. The first-order valence-corrected chi connectivity index (χ1v) is 4.35. The first-order valence-electron chi connectivity index (χ1n) is 4.35. The second-order valence-electron chi connectivity index (χ2n) is 3.09. The summed E-state index contributed by atoms with van der Waals surface area (Å²) in [5.41, 5.74) is 0. The maximum Gasteiger partial charge on any atom is 0.342 e. The molecule has 7 heteroatoms. The standard InChI is InChI=1S/C9H7N3O4/c1-11-7(10-5-8(11)12(14)15)4-6-2-3-9(13)16-6/h2-5H,1H3/b6-4+. The number of esters is 1. The van der Waals surface area contributed by atoms with Crippen LogP contribution in [0.4, 0.5) is 5.82 Å². The average Bonchev–Trinajstić information content (AvgIpc) is 2.76. The summed E-state index contributed by atoms with van der Waals surface area (Å²) in [5, 5.41) is 10.5. The molecule has 82 valence electrons. The molecule has 0 fully saturated rings. The van der Waals surface area contributed by atoms with Crippen molar-refractivity contribution in [1.82, 2.24) is 9.55 Å². The lowest BCUT2D eigenvalue weighted by Crippen LogP contribution is -1.99. The predicted molar refractivity (Wildman–Crippen MR) is 53.1 cm³/mol. The van der Waals surface area contributed by atoms with Crippen molar-refractivity contribution in [2.75, 3.05) is 0 Å². The van der Waals surface area contributed by atoms with Crippen LogP contribution < -0.4 is 0 Å². The van der Waals surface area contributed by atoms with Crippen LogP contribution in [0.2, 0.25) is 0 Å². The van der Waals surface area contributed by atoms with Gasteiger partial charge < -0.3 is 14.9 Å². The summed E-state index contributed by atoms with van der Waals surface area (Å²) in [4.78, 5) is 24.6. The van der Waals surface area contributed by atoms with Gasteiger partial charge in [0.25, 0.3) is 0 Å². The summed E-state index contributed by atoms with van der Waals surface area (Å²) in [5.74, 6) is 0.0739. The molecule has 0 unspecified atom stereocenters. The Labute approximate surface area is 89.8 Å². The van der Waals surface area contributed by atoms with Crippen molar-refractivity contribution in [3.63, 3.8) is 0 Å². The van der Waals surface area contributed by atoms with Crippen LogP contribution in [0.15, 0.2) is 24.1 Å². The zero-order valence-electron chi connectivity index (χ0n) is 8.28. The van der Waals surface area contributed by atoms with Crippen LogP contribution in [0.5, 0.6) is 0 Å². The van der Waals surface area contributed by atoms with E-state index < -0.39 is 10.9 Å². The molecule has 0 aliphatic carbocycles. The number of cyclic esters (lactones) is 1. The molecule has 2 rings (SSSR count). The number of ether oxygens (including phenoxy) is 1. The van der Waals surface area contributed by atoms with E-state index in [1.54, 1.807) is 0 Å². The number of carbonyl (C=O) groups is 1. The Morgan fingerprint density at radius 3 is 2.81 bits per heavy atom. The number of rotatable bonds is 2. The molecule has 0 amide bonds. The molecule has 0 saturated heterocycles. The molecule has 0 radical (unpaired) electrons. The molecular formula is C9H7N3O4. The summed E-state index contributed by atoms with van der Waals surface area (Å²) in [6, 6.07) is 0. The molecule has 1 aliphatic rings. The Hall–Kier alpha value is -2.44. The van der Waals surface area contributed by atoms with Crippen molar-refractivity contribution in [1.29, 1.82) is 0 Å². The van der Waals surface area contributed by atoms with E-state index in [-0.39, 0.29) is 5.82 Å². The highest BCUT2D eigenvalue weighted by molar-refractivity contribution is 5.87. The van der Waals surface area contributed by atoms with Gasteiger partial charge in [0, 0.05) is 12.2 Å². The third kappa shape index (κ3) is 1.70. The second-order valence-corrected chi connectivity index (χ2v) is 3.09. The van der Waals surface area contributed by atoms with Gasteiger partial charge in [-0.15, -0.1) is 0 Å². The Bertz CT molecular complexity index is 527. The van der Waals surface area contributed by atoms with Gasteiger partial charge in [0.15, 0.2) is 0 Å². The lowest BCUT2D eigenvalue weighted by Gasteiger charge is -1.96. The Balaban J connectivity index is 2.33. The molecule has 1 aromatic heterocycles. The highest BCUT2D eigenvalue weighted by atomic mass is 16.6. The van der Waals surface area contributed by atoms with Crippen LogP contribution >= 0.6 is 0 Å². The van der Waals surface area contributed by atoms with Crippen LogP contribution in [0, 0.1) is 10.1 Å². The number of nitro groups is 1. The van der Waals surface area contributed by atoms with E-state index in [4.69, 9.17) is 4.74 Å². The van der Waals surface area contributed by atoms with Crippen molar-refractivity contribution >= 4 is 17.9 Å². The summed E-state index contributed by atoms with van der Waals surface area (Å²) in [6.45, 7) is 0. The number of aromatic nitrogens is 2. The largest absolute Gasteiger partial charge is 0.423 e. The van der Waals surface area contributed by atoms with E-state index in [1.807, 2.05) is 0 Å². The third-order valence-electron chi connectivity index (χ3n) is 2.06. The van der Waals surface area contributed by atoms with Crippen LogP contribution in [0.1, 0.15) is 5.82 Å². The predicted octanol–water partition coefficient (Wildman–Crippen LogP) is 0.782. The van der Waals surface area contributed by atoms with Gasteiger partial charge in [-0.25, -0.2) is 14.3 Å². The minimum absolute atomic E-state index is 0.125. The smallest absolute Gasteiger partial charge is 0.342 e. The maximum absolute atomic E-state index is 10.8. The summed E-state index contributed by atoms with van der Waals surface area (Å²) in [6.07, 6.45) is 5.34. The van der Waals surface area contributed by atoms with Gasteiger partial charge in [-0.2, -0.15) is 0 Å². The molecule has 1 aromatic rings. The molecule has 0 N–H and O–H groups in total. The molecule has 0 bridgehead atoms. The van der Waals surface area contributed by atoms with Crippen LogP contribution in [0.25, 0.3) is 6.08 Å². The second kappa shape index (κ2) is 3.61. The van der Waals surface area contributed by atoms with E-state index >= 15 is 0 Å². The fourth-order valence-corrected chi connectivity index (χ4v) is 1.26. The van der Waals surface area contributed by atoms with Gasteiger partial charge in [-0.05, 0) is 11.0 Å². The van der Waals surface area contributed by atoms with Crippen LogP contribution in [-0.4, -0.2) is 20.4 Å². The quantitative estimate of drug-likeness (QED) is 0.418. The van der Waals surface area contributed by atoms with Gasteiger partial charge in [-0.3, -0.25) is 0 Å². The molecule has 0 spiro atoms. The Morgan fingerprint density at radius 1 is 1.56 bits per heavy atom. The highest BCUT2D eigenvalue weighted by Gasteiger charge is 2.17. The van der Waals surface area contributed by atoms with Gasteiger partial charge in [-0.1, -0.05) is 0 Å². The number of imidazole rings is 1. The number of allylic oxidation sites excluding steroid dienone is 1. The van der Waals surface area contributed by atoms with Crippen LogP contribution in [0.3, 0.4) is 0 Å². The van der Waals surface area contributed by atoms with Gasteiger partial charge in [0.2, 0.25) is 5.82 Å². The van der Waals surface area contributed by atoms with Gasteiger partial charge in [0.05, 0.1) is 7.05 Å². The summed E-state index contributed by atoms with van der Waals surface area (Å²) < 4.78 is 6.08. The lowest BCUT2D eigenvalue weighted by molar-refractivity contribution is -0.391. The monoisotopic (exact) mass is 221 g/mol. The molecule has 0 atom stereocenters. The Morgan fingerprint density at radius 2 is 2.31 bits per heavy atom. The third-order valence-corrected chi connectivity index (χ3v) is 2.06. The molecular weight excluding hydrogens is 214 g/mol. The fourth-order valence-electron chi connectivity index (χ4n) is 1.26. The van der Waals surface area contributed by atoms with Crippen molar-refractivity contribution in [3.05, 3.63) is 40.0 Å². The van der Waals surface area contributed by atoms with E-state index in [2.05, 4.69) is 4.98 Å². The minimum Gasteiger partial charge on any atom is -0.423 e. The molecule has 0 saturated carbocycles. The highest BCUT2D eigenvalue weighted by Crippen LogP contribution is 2.17. The van der Waals surface area contributed by atoms with Gasteiger partial charge in [0.1, 0.15) is 12.0 Å². The van der Waals surface area contributed by atoms with Gasteiger partial charge >= 0.3 is 11.8 Å². The number of hydrogen-bond donors (Lipinski definition) is 0. The zero-order valence-corrected chi connectivity index (χ0v) is 8.28. The van der Waals surface area contributed by atoms with E-state index in [0.29, 0.717) is 11.6 Å². The van der Waals surface area contributed by atoms with Crippen molar-refractivity contribution in [3.8, 4) is 0 Å². The zero-order chi connectivity index (χ0) is 11.7. The fraction of sp³-hybridized carbons (Fsp3) is 0.111. The van der Waals surface area contributed by atoms with E-state index in [1.165, 1.54) is 29.8 Å². The van der Waals surface area contributed by atoms with Crippen molar-refractivity contribution in [2.24, 2.45) is 7.05 Å². The molecule has 7 nitrogen and oxygen atoms in total. The summed E-state index contributed by atoms with van der Waals surface area (Å²) >= 11 is 0. The topological polar surface area (TPSA) is 87.3 Å². The first kappa shape index (κ1) is 10.1. The molecule has 0 aromatic carbocycles. The SMILES string of the molecule is Cn1c([N+](=O)[O-])cnc1/C=C1\C=CC(=O)O1. The summed E-state index contributed by atoms with van der Waals surface area (Å²) in [7, 11) is 1.51. The molecule has 1 aliphatic heterocycles. The Kier molecular flexibility index (Phi) is 2.28. The maximum atomic E-state index is 10.8. The van der Waals surface area contributed by atoms with E-state index in [9.17, 15) is 14.9 Å². The lowest BCUT2D eigenvalue weighted by atomic mass is 10.4. The van der Waals surface area contributed by atoms with Crippen molar-refractivity contribution in [2.45, 2.75) is 0 Å². The van der Waals surface area contributed by atoms with E-state index in [0.717, 1.165) is 6.20 Å². The van der Waals surface area contributed by atoms with Crippen LogP contribution in [-0.2, 0) is 16.6 Å². The minimum atomic E-state index is -0.536. The van der Waals surface area contributed by atoms with Crippen molar-refractivity contribution < 1.29 is 14.5 Å². The first-order chi connectivity index (χ1) is 7.58. The number of hydrogen-bond acceptors (Lipinski definition) is 5. The molecule has 2 heterocycles. The average molecular weight is 221 g/mol. The molecule has 16 heavy (non-hydrogen) atoms.